The van der Waals surface area contributed by atoms with E-state index in [-0.39, 0.29) is 28.2 Å². The van der Waals surface area contributed by atoms with Crippen molar-refractivity contribution in [3.8, 4) is 0 Å². The molecule has 0 spiro atoms. The summed E-state index contributed by atoms with van der Waals surface area (Å²) < 4.78 is 10.3. The highest BCUT2D eigenvalue weighted by Gasteiger charge is 2.24. The minimum atomic E-state index is -0.526. The van der Waals surface area contributed by atoms with Gasteiger partial charge >= 0.3 is 5.97 Å². The normalized spacial score (nSPS) is 16.7. The molecule has 3 rings (SSSR count). The third-order valence-corrected chi connectivity index (χ3v) is 3.36. The summed E-state index contributed by atoms with van der Waals surface area (Å²) >= 11 is 5.75. The number of carbonyl (C=O) groups is 1. The van der Waals surface area contributed by atoms with Gasteiger partial charge in [0.2, 0.25) is 5.69 Å². The van der Waals surface area contributed by atoms with Crippen LogP contribution in [0.25, 0.3) is 11.2 Å². The maximum atomic E-state index is 12.0. The van der Waals surface area contributed by atoms with Crippen molar-refractivity contribution >= 4 is 28.8 Å². The Labute approximate surface area is 114 Å². The molecule has 0 radical (unpaired) electrons. The summed E-state index contributed by atoms with van der Waals surface area (Å²) in [6.07, 6.45) is 6.46. The van der Waals surface area contributed by atoms with Crippen LogP contribution in [0.4, 0.5) is 0 Å². The second-order valence-corrected chi connectivity index (χ2v) is 4.93. The molecule has 0 N–H and O–H groups in total. The Hall–Kier alpha value is -1.69. The Bertz CT molecular complexity index is 607. The average molecular weight is 282 g/mol. The van der Waals surface area contributed by atoms with E-state index < -0.39 is 5.97 Å². The number of hydrogen-bond acceptors (Lipinski definition) is 6. The van der Waals surface area contributed by atoms with Gasteiger partial charge in [-0.15, -0.1) is 0 Å². The van der Waals surface area contributed by atoms with E-state index in [1.807, 2.05) is 0 Å². The first kappa shape index (κ1) is 12.3. The number of carbonyl (C=O) groups excluding carboxylic acids is 1. The van der Waals surface area contributed by atoms with Gasteiger partial charge in [0.25, 0.3) is 5.71 Å². The molecule has 0 aliphatic heterocycles. The lowest BCUT2D eigenvalue weighted by molar-refractivity contribution is 0.0202. The van der Waals surface area contributed by atoms with E-state index in [2.05, 4.69) is 15.1 Å². The van der Waals surface area contributed by atoms with E-state index in [4.69, 9.17) is 20.9 Å². The molecule has 0 unspecified atom stereocenters. The summed E-state index contributed by atoms with van der Waals surface area (Å²) in [7, 11) is 0. The fourth-order valence-electron chi connectivity index (χ4n) is 2.23. The summed E-state index contributed by atoms with van der Waals surface area (Å²) in [6.45, 7) is 0. The number of rotatable bonds is 2. The third-order valence-electron chi connectivity index (χ3n) is 3.18. The van der Waals surface area contributed by atoms with E-state index >= 15 is 0 Å². The molecule has 1 fully saturated rings. The molecule has 1 saturated carbocycles. The minimum absolute atomic E-state index is 0.0376. The van der Waals surface area contributed by atoms with E-state index in [0.717, 1.165) is 25.7 Å². The molecule has 7 heteroatoms. The van der Waals surface area contributed by atoms with Crippen LogP contribution in [-0.4, -0.2) is 27.2 Å². The number of nitrogens with zero attached hydrogens (tertiary/aromatic N) is 3. The van der Waals surface area contributed by atoms with E-state index in [0.29, 0.717) is 0 Å². The zero-order chi connectivity index (χ0) is 13.2. The van der Waals surface area contributed by atoms with Gasteiger partial charge in [-0.25, -0.2) is 14.8 Å². The first-order valence-corrected chi connectivity index (χ1v) is 6.61. The van der Waals surface area contributed by atoms with E-state index in [1.165, 1.54) is 12.6 Å². The third kappa shape index (κ3) is 2.53. The van der Waals surface area contributed by atoms with Crippen LogP contribution in [-0.2, 0) is 4.74 Å². The largest absolute Gasteiger partial charge is 0.458 e. The van der Waals surface area contributed by atoms with Crippen LogP contribution < -0.4 is 0 Å². The van der Waals surface area contributed by atoms with Gasteiger partial charge in [0, 0.05) is 0 Å². The van der Waals surface area contributed by atoms with Crippen LogP contribution in [0.3, 0.4) is 0 Å². The van der Waals surface area contributed by atoms with Crippen LogP contribution >= 0.6 is 11.6 Å². The van der Waals surface area contributed by atoms with E-state index in [1.54, 1.807) is 0 Å². The van der Waals surface area contributed by atoms with Crippen LogP contribution in [0.1, 0.15) is 42.6 Å². The fourth-order valence-corrected chi connectivity index (χ4v) is 2.37. The highest BCUT2D eigenvalue weighted by Crippen LogP contribution is 2.23. The molecule has 19 heavy (non-hydrogen) atoms. The van der Waals surface area contributed by atoms with Gasteiger partial charge in [-0.2, -0.15) is 0 Å². The van der Waals surface area contributed by atoms with Crippen molar-refractivity contribution in [1.29, 1.82) is 0 Å². The zero-order valence-electron chi connectivity index (χ0n) is 10.1. The Morgan fingerprint density at radius 2 is 2.16 bits per heavy atom. The van der Waals surface area contributed by atoms with Crippen LogP contribution in [0, 0.1) is 0 Å². The van der Waals surface area contributed by atoms with Gasteiger partial charge in [0.15, 0.2) is 5.52 Å². The Morgan fingerprint density at radius 1 is 1.37 bits per heavy atom. The summed E-state index contributed by atoms with van der Waals surface area (Å²) in [4.78, 5) is 19.9. The standard InChI is InChI=1S/C12H12ClN3O3/c13-8-6-14-11-9(15-8)10(16-19-11)12(17)18-7-4-2-1-3-5-7/h6-7H,1-5H2. The van der Waals surface area contributed by atoms with Crippen molar-refractivity contribution in [1.82, 2.24) is 15.1 Å². The smallest absolute Gasteiger partial charge is 0.363 e. The first-order valence-electron chi connectivity index (χ1n) is 6.23. The van der Waals surface area contributed by atoms with Gasteiger partial charge in [0.05, 0.1) is 6.20 Å². The Morgan fingerprint density at radius 3 is 2.95 bits per heavy atom. The first-order chi connectivity index (χ1) is 9.24. The van der Waals surface area contributed by atoms with Crippen LogP contribution in [0.5, 0.6) is 0 Å². The maximum absolute atomic E-state index is 12.0. The number of ether oxygens (including phenoxy) is 1. The molecule has 6 nitrogen and oxygen atoms in total. The molecular weight excluding hydrogens is 270 g/mol. The van der Waals surface area contributed by atoms with Crippen molar-refractivity contribution in [2.75, 3.05) is 0 Å². The zero-order valence-corrected chi connectivity index (χ0v) is 10.9. The molecule has 1 aliphatic rings. The molecule has 2 aromatic rings. The van der Waals surface area contributed by atoms with Gasteiger partial charge in [-0.1, -0.05) is 23.2 Å². The second-order valence-electron chi connectivity index (χ2n) is 4.54. The molecule has 2 aromatic heterocycles. The quantitative estimate of drug-likeness (QED) is 0.788. The monoisotopic (exact) mass is 281 g/mol. The lowest BCUT2D eigenvalue weighted by atomic mass is 9.98. The average Bonchev–Trinajstić information content (AvgIpc) is 2.82. The summed E-state index contributed by atoms with van der Waals surface area (Å²) in [5.74, 6) is -0.526. The summed E-state index contributed by atoms with van der Waals surface area (Å²) in [5, 5.41) is 3.85. The van der Waals surface area contributed by atoms with E-state index in [9.17, 15) is 4.79 Å². The van der Waals surface area contributed by atoms with Crippen molar-refractivity contribution in [2.45, 2.75) is 38.2 Å². The molecule has 0 bridgehead atoms. The maximum Gasteiger partial charge on any atom is 0.363 e. The molecule has 2 heterocycles. The predicted octanol–water partition coefficient (Wildman–Crippen LogP) is 2.76. The molecule has 1 aliphatic carbocycles. The minimum Gasteiger partial charge on any atom is -0.458 e. The molecule has 0 saturated heterocycles. The predicted molar refractivity (Wildman–Crippen MR) is 66.9 cm³/mol. The molecule has 100 valence electrons. The second kappa shape index (κ2) is 5.13. The molecule has 0 atom stereocenters. The topological polar surface area (TPSA) is 78.1 Å². The SMILES string of the molecule is O=C(OC1CCCCC1)c1noc2ncc(Cl)nc12. The van der Waals surface area contributed by atoms with Gasteiger partial charge < -0.3 is 9.26 Å². The van der Waals surface area contributed by atoms with Crippen molar-refractivity contribution < 1.29 is 14.1 Å². The van der Waals surface area contributed by atoms with Gasteiger partial charge in [0.1, 0.15) is 11.3 Å². The number of aromatic nitrogens is 3. The molecular formula is C12H12ClN3O3. The summed E-state index contributed by atoms with van der Waals surface area (Å²) in [6, 6.07) is 0. The Kier molecular flexibility index (Phi) is 3.33. The number of halogens is 1. The summed E-state index contributed by atoms with van der Waals surface area (Å²) in [5.41, 5.74) is 0.462. The number of fused-ring (bicyclic) bond motifs is 1. The van der Waals surface area contributed by atoms with Crippen molar-refractivity contribution in [2.24, 2.45) is 0 Å². The van der Waals surface area contributed by atoms with Crippen molar-refractivity contribution in [3.05, 3.63) is 17.0 Å². The fraction of sp³-hybridized carbons (Fsp3) is 0.500. The number of esters is 1. The van der Waals surface area contributed by atoms with Crippen molar-refractivity contribution in [3.63, 3.8) is 0 Å². The lowest BCUT2D eigenvalue weighted by Gasteiger charge is -2.21. The van der Waals surface area contributed by atoms with Crippen LogP contribution in [0.2, 0.25) is 5.15 Å². The van der Waals surface area contributed by atoms with Gasteiger partial charge in [-0.3, -0.25) is 0 Å². The molecule has 0 amide bonds. The highest BCUT2D eigenvalue weighted by molar-refractivity contribution is 6.29. The lowest BCUT2D eigenvalue weighted by Crippen LogP contribution is -2.21. The van der Waals surface area contributed by atoms with Crippen LogP contribution in [0.15, 0.2) is 10.7 Å². The highest BCUT2D eigenvalue weighted by atomic mass is 35.5. The number of hydrogen-bond donors (Lipinski definition) is 0. The molecule has 0 aromatic carbocycles. The Balaban J connectivity index is 1.82. The van der Waals surface area contributed by atoms with Gasteiger partial charge in [-0.05, 0) is 25.7 Å².